The van der Waals surface area contributed by atoms with Crippen molar-refractivity contribution in [3.8, 4) is 0 Å². The molecule has 60 valence electrons. The summed E-state index contributed by atoms with van der Waals surface area (Å²) in [7, 11) is 0. The molecule has 0 fully saturated rings. The van der Waals surface area contributed by atoms with E-state index in [0.717, 1.165) is 0 Å². The van der Waals surface area contributed by atoms with Crippen molar-refractivity contribution in [2.45, 2.75) is 6.92 Å². The van der Waals surface area contributed by atoms with Gasteiger partial charge < -0.3 is 0 Å². The molecule has 1 radical (unpaired) electrons. The van der Waals surface area contributed by atoms with Crippen LogP contribution in [0.5, 0.6) is 0 Å². The quantitative estimate of drug-likeness (QED) is 0.559. The van der Waals surface area contributed by atoms with Gasteiger partial charge in [0.2, 0.25) is 0 Å². The topological polar surface area (TPSA) is 0 Å². The molecule has 0 nitrogen and oxygen atoms in total. The number of hydrogen-bond donors (Lipinski definition) is 0. The molecule has 12 heavy (non-hydrogen) atoms. The summed E-state index contributed by atoms with van der Waals surface area (Å²) in [5.41, 5.74) is 2.72. The molecular weight excluding hydrogens is 187 g/mol. The van der Waals surface area contributed by atoms with Crippen LogP contribution in [0.1, 0.15) is 18.1 Å². The van der Waals surface area contributed by atoms with Crippen LogP contribution >= 0.6 is 0 Å². The van der Waals surface area contributed by atoms with Crippen LogP contribution < -0.4 is 0 Å². The van der Waals surface area contributed by atoms with Crippen LogP contribution in [0.25, 0.3) is 6.08 Å². The Hall–Kier alpha value is -0.396. The molecule has 0 amide bonds. The van der Waals surface area contributed by atoms with Crippen molar-refractivity contribution < 1.29 is 24.1 Å². The standard InChI is InChI=1S/C10H9.FH.Ti/c1-8-6-7-9-4-2-3-5-10(8)9;;/h2-7H,1H3;1H;/q;;+1/p-1. The van der Waals surface area contributed by atoms with E-state index in [-0.39, 0.29) is 0 Å². The first-order chi connectivity index (χ1) is 5.88. The zero-order valence-corrected chi connectivity index (χ0v) is 8.40. The van der Waals surface area contributed by atoms with Gasteiger partial charge in [-0.1, -0.05) is 43.3 Å². The van der Waals surface area contributed by atoms with Gasteiger partial charge in [0.05, 0.1) is 0 Å². The molecule has 2 heteroatoms. The molecule has 0 aliphatic heterocycles. The zero-order chi connectivity index (χ0) is 8.97. The SMILES string of the molecule is C[C]1C=Cc2ccccc21.[F][Ti]. The fourth-order valence-corrected chi connectivity index (χ4v) is 1.31. The predicted molar refractivity (Wildman–Crippen MR) is 44.6 cm³/mol. The van der Waals surface area contributed by atoms with Crippen molar-refractivity contribution in [1.82, 2.24) is 0 Å². The molecule has 1 aromatic rings. The predicted octanol–water partition coefficient (Wildman–Crippen LogP) is 3.07. The maximum absolute atomic E-state index is 9.50. The molecule has 0 saturated heterocycles. The fraction of sp³-hybridized carbons (Fsp3) is 0.100. The van der Waals surface area contributed by atoms with E-state index < -0.39 is 0 Å². The van der Waals surface area contributed by atoms with Crippen LogP contribution in [0.2, 0.25) is 0 Å². The van der Waals surface area contributed by atoms with Gasteiger partial charge in [0.15, 0.2) is 0 Å². The van der Waals surface area contributed by atoms with Crippen molar-refractivity contribution in [1.29, 1.82) is 0 Å². The Bertz CT molecular complexity index is 281. The van der Waals surface area contributed by atoms with Gasteiger partial charge in [0, 0.05) is 5.92 Å². The third-order valence-electron chi connectivity index (χ3n) is 1.90. The number of benzene rings is 1. The molecule has 0 bridgehead atoms. The van der Waals surface area contributed by atoms with Gasteiger partial charge in [-0.15, -0.1) is 0 Å². The van der Waals surface area contributed by atoms with Crippen molar-refractivity contribution in [2.75, 3.05) is 0 Å². The Kier molecular flexibility index (Phi) is 3.70. The van der Waals surface area contributed by atoms with Gasteiger partial charge in [-0.2, -0.15) is 0 Å². The molecule has 0 spiro atoms. The van der Waals surface area contributed by atoms with Crippen molar-refractivity contribution >= 4 is 6.08 Å². The van der Waals surface area contributed by atoms with Gasteiger partial charge >= 0.3 is 24.1 Å². The van der Waals surface area contributed by atoms with E-state index >= 15 is 0 Å². The van der Waals surface area contributed by atoms with E-state index in [1.165, 1.54) is 17.0 Å². The summed E-state index contributed by atoms with van der Waals surface area (Å²) in [5.74, 6) is 1.37. The molecule has 0 unspecified atom stereocenters. The molecule has 0 N–H and O–H groups in total. The van der Waals surface area contributed by atoms with E-state index in [2.05, 4.69) is 43.3 Å². The second-order valence-electron chi connectivity index (χ2n) is 2.60. The monoisotopic (exact) mass is 196 g/mol. The minimum absolute atomic E-state index is 0.500. The summed E-state index contributed by atoms with van der Waals surface area (Å²) < 4.78 is 9.50. The summed E-state index contributed by atoms with van der Waals surface area (Å²) in [6.07, 6.45) is 4.31. The average molecular weight is 196 g/mol. The van der Waals surface area contributed by atoms with E-state index in [4.69, 9.17) is 0 Å². The second kappa shape index (κ2) is 4.59. The number of rotatable bonds is 0. The summed E-state index contributed by atoms with van der Waals surface area (Å²) >= 11 is 0.500. The molecule has 0 aromatic heterocycles. The van der Waals surface area contributed by atoms with Gasteiger partial charge in [0.25, 0.3) is 0 Å². The Balaban J connectivity index is 0.000000336. The third-order valence-corrected chi connectivity index (χ3v) is 1.90. The summed E-state index contributed by atoms with van der Waals surface area (Å²) in [4.78, 5) is 0. The zero-order valence-electron chi connectivity index (χ0n) is 6.84. The van der Waals surface area contributed by atoms with Crippen LogP contribution in [-0.2, 0) is 21.0 Å². The third kappa shape index (κ3) is 1.85. The van der Waals surface area contributed by atoms with Crippen LogP contribution in [0.4, 0.5) is 3.09 Å². The molecule has 0 saturated carbocycles. The summed E-state index contributed by atoms with van der Waals surface area (Å²) in [5, 5.41) is 0. The van der Waals surface area contributed by atoms with Crippen LogP contribution in [0.3, 0.4) is 0 Å². The van der Waals surface area contributed by atoms with Gasteiger partial charge in [0.1, 0.15) is 0 Å². The minimum atomic E-state index is 0.500. The van der Waals surface area contributed by atoms with E-state index in [1.807, 2.05) is 0 Å². The Morgan fingerprint density at radius 1 is 1.08 bits per heavy atom. The molecule has 1 aromatic carbocycles. The van der Waals surface area contributed by atoms with Crippen LogP contribution in [0.15, 0.2) is 30.3 Å². The second-order valence-corrected chi connectivity index (χ2v) is 2.60. The molecule has 1 aliphatic carbocycles. The van der Waals surface area contributed by atoms with Gasteiger partial charge in [-0.05, 0) is 11.1 Å². The molecule has 1 aliphatic rings. The first-order valence-corrected chi connectivity index (χ1v) is 4.27. The summed E-state index contributed by atoms with van der Waals surface area (Å²) in [6, 6.07) is 8.45. The molecule has 0 atom stereocenters. The van der Waals surface area contributed by atoms with Crippen molar-refractivity contribution in [3.63, 3.8) is 0 Å². The molecule has 0 heterocycles. The first-order valence-electron chi connectivity index (χ1n) is 3.68. The number of fused-ring (bicyclic) bond motifs is 1. The first kappa shape index (κ1) is 9.69. The average Bonchev–Trinajstić information content (AvgIpc) is 2.53. The van der Waals surface area contributed by atoms with Crippen LogP contribution in [0, 0.1) is 5.92 Å². The maximum atomic E-state index is 9.50. The normalized spacial score (nSPS) is 13.4. The van der Waals surface area contributed by atoms with Crippen LogP contribution in [-0.4, -0.2) is 0 Å². The fourth-order valence-electron chi connectivity index (χ4n) is 1.31. The van der Waals surface area contributed by atoms with E-state index in [0.29, 0.717) is 21.0 Å². The van der Waals surface area contributed by atoms with E-state index in [9.17, 15) is 3.09 Å². The molecule has 2 rings (SSSR count). The Labute approximate surface area is 84.6 Å². The van der Waals surface area contributed by atoms with E-state index in [1.54, 1.807) is 0 Å². The Morgan fingerprint density at radius 3 is 2.42 bits per heavy atom. The summed E-state index contributed by atoms with van der Waals surface area (Å²) in [6.45, 7) is 2.14. The van der Waals surface area contributed by atoms with Gasteiger partial charge in [-0.3, -0.25) is 0 Å². The number of hydrogen-bond acceptors (Lipinski definition) is 0. The Morgan fingerprint density at radius 2 is 1.75 bits per heavy atom. The number of allylic oxidation sites excluding steroid dienone is 1. The molecular formula is C10H9FTi. The van der Waals surface area contributed by atoms with Crippen molar-refractivity contribution in [2.24, 2.45) is 0 Å². The van der Waals surface area contributed by atoms with Gasteiger partial charge in [-0.25, -0.2) is 0 Å². The van der Waals surface area contributed by atoms with Crippen molar-refractivity contribution in [3.05, 3.63) is 47.4 Å². The number of halogens is 1.